The highest BCUT2D eigenvalue weighted by Gasteiger charge is 2.41. The zero-order chi connectivity index (χ0) is 31.4. The van der Waals surface area contributed by atoms with Gasteiger partial charge in [-0.3, -0.25) is 9.97 Å². The maximum absolute atomic E-state index is 16.7. The summed E-state index contributed by atoms with van der Waals surface area (Å²) in [4.78, 5) is 22.9. The fourth-order valence-electron chi connectivity index (χ4n) is 4.92. The van der Waals surface area contributed by atoms with Gasteiger partial charge in [-0.2, -0.15) is 13.2 Å². The number of fused-ring (bicyclic) bond motifs is 2. The first-order valence-corrected chi connectivity index (χ1v) is 12.1. The summed E-state index contributed by atoms with van der Waals surface area (Å²) >= 11 is 0. The van der Waals surface area contributed by atoms with E-state index in [-0.39, 0.29) is 22.7 Å². The van der Waals surface area contributed by atoms with Crippen molar-refractivity contribution in [3.05, 3.63) is 115 Å². The number of nitriles is 2. The molecule has 0 N–H and O–H groups in total. The average molecular weight is 580 g/mol. The molecule has 2 aliphatic rings. The molecule has 13 heteroatoms. The number of allylic oxidation sites excluding steroid dienone is 4. The number of aryl methyl sites for hydroxylation is 3. The van der Waals surface area contributed by atoms with E-state index >= 15 is 8.78 Å². The molecule has 0 aliphatic carbocycles. The van der Waals surface area contributed by atoms with Crippen LogP contribution < -0.4 is 0 Å². The molecule has 0 amide bonds. The van der Waals surface area contributed by atoms with E-state index in [1.807, 2.05) is 0 Å². The first-order valence-electron chi connectivity index (χ1n) is 12.1. The highest BCUT2D eigenvalue weighted by molar-refractivity contribution is 6.39. The minimum absolute atomic E-state index is 0.108. The lowest BCUT2D eigenvalue weighted by Crippen LogP contribution is -2.12. The zero-order valence-corrected chi connectivity index (χ0v) is 22.3. The summed E-state index contributed by atoms with van der Waals surface area (Å²) in [7, 11) is 0. The number of hydrogen-bond donors (Lipinski definition) is 0. The van der Waals surface area contributed by atoms with E-state index in [4.69, 9.17) is 13.1 Å². The van der Waals surface area contributed by atoms with Crippen molar-refractivity contribution in [1.82, 2.24) is 9.97 Å². The van der Waals surface area contributed by atoms with Crippen molar-refractivity contribution in [2.24, 2.45) is 9.98 Å². The summed E-state index contributed by atoms with van der Waals surface area (Å²) < 4.78 is 73.8. The fourth-order valence-corrected chi connectivity index (χ4v) is 4.92. The van der Waals surface area contributed by atoms with E-state index in [0.29, 0.717) is 17.3 Å². The van der Waals surface area contributed by atoms with Crippen LogP contribution in [0.25, 0.3) is 20.8 Å². The quantitative estimate of drug-likeness (QED) is 0.180. The van der Waals surface area contributed by atoms with Crippen LogP contribution in [0.3, 0.4) is 0 Å². The van der Waals surface area contributed by atoms with Crippen LogP contribution in [0.4, 0.5) is 33.3 Å². The van der Waals surface area contributed by atoms with E-state index in [9.17, 15) is 23.7 Å². The second kappa shape index (κ2) is 10.1. The van der Waals surface area contributed by atoms with Crippen molar-refractivity contribution in [3.63, 3.8) is 0 Å². The molecule has 208 valence electrons. The van der Waals surface area contributed by atoms with Gasteiger partial charge in [0, 0.05) is 33.7 Å². The summed E-state index contributed by atoms with van der Waals surface area (Å²) in [6.07, 6.45) is -4.81. The van der Waals surface area contributed by atoms with E-state index < -0.39 is 74.2 Å². The minimum atomic E-state index is -4.81. The maximum atomic E-state index is 16.7. The van der Waals surface area contributed by atoms with E-state index in [1.54, 1.807) is 38.1 Å². The Morgan fingerprint density at radius 1 is 0.744 bits per heavy atom. The molecule has 0 atom stereocenters. The lowest BCUT2D eigenvalue weighted by Gasteiger charge is -2.13. The maximum Gasteiger partial charge on any atom is 0.416 e. The first kappa shape index (κ1) is 28.5. The molecule has 2 aromatic heterocycles. The normalized spacial score (nSPS) is 15.7. The monoisotopic (exact) mass is 580 g/mol. The Kier molecular flexibility index (Phi) is 6.69. The second-order valence-corrected chi connectivity index (χ2v) is 9.44. The first-order chi connectivity index (χ1) is 20.3. The third-order valence-electron chi connectivity index (χ3n) is 6.52. The molecular weight excluding hydrogens is 567 g/mol. The van der Waals surface area contributed by atoms with Gasteiger partial charge in [-0.1, -0.05) is 0 Å². The Morgan fingerprint density at radius 3 is 1.63 bits per heavy atom. The standard InChI is InChI=1S/C30H13F5N8/c1-12-6-13(2)40-16(7-12)26-20(18(10-36)38-4)22-24(31)23-21(19(11-37)39-5)27(43-29(23)25(32)28(22)42-26)17-9-15(30(33,34)35)8-14(3)41-17/h6-9H,1-3H3/b20-18-,21-19+. The average Bonchev–Trinajstić information content (AvgIpc) is 3.53. The molecule has 0 radical (unpaired) electrons. The van der Waals surface area contributed by atoms with Crippen molar-refractivity contribution in [3.8, 4) is 12.1 Å². The van der Waals surface area contributed by atoms with Gasteiger partial charge in [0.25, 0.3) is 11.4 Å². The molecule has 0 bridgehead atoms. The minimum Gasteiger partial charge on any atom is -0.252 e. The van der Waals surface area contributed by atoms with Gasteiger partial charge in [0.05, 0.1) is 53.7 Å². The lowest BCUT2D eigenvalue weighted by atomic mass is 9.91. The van der Waals surface area contributed by atoms with Gasteiger partial charge in [-0.15, -0.1) is 0 Å². The molecule has 4 heterocycles. The molecule has 5 rings (SSSR count). The summed E-state index contributed by atoms with van der Waals surface area (Å²) in [5, 5.41) is 19.4. The second-order valence-electron chi connectivity index (χ2n) is 9.44. The largest absolute Gasteiger partial charge is 0.416 e. The molecule has 0 unspecified atom stereocenters. The number of alkyl halides is 3. The van der Waals surface area contributed by atoms with Crippen molar-refractivity contribution in [2.75, 3.05) is 0 Å². The number of halogens is 5. The Morgan fingerprint density at radius 2 is 1.21 bits per heavy atom. The molecule has 2 aliphatic heterocycles. The summed E-state index contributed by atoms with van der Waals surface area (Å²) in [6.45, 7) is 19.7. The molecule has 8 nitrogen and oxygen atoms in total. The number of aromatic nitrogens is 2. The molecule has 0 saturated carbocycles. The molecule has 0 spiro atoms. The zero-order valence-electron chi connectivity index (χ0n) is 22.3. The van der Waals surface area contributed by atoms with Gasteiger partial charge < -0.3 is 0 Å². The molecule has 43 heavy (non-hydrogen) atoms. The van der Waals surface area contributed by atoms with Gasteiger partial charge in [0.1, 0.15) is 17.2 Å². The van der Waals surface area contributed by atoms with E-state index in [2.05, 4.69) is 29.6 Å². The van der Waals surface area contributed by atoms with E-state index in [1.165, 1.54) is 6.92 Å². The van der Waals surface area contributed by atoms with Crippen molar-refractivity contribution in [2.45, 2.75) is 26.9 Å². The number of rotatable bonds is 2. The third-order valence-corrected chi connectivity index (χ3v) is 6.52. The van der Waals surface area contributed by atoms with Crippen LogP contribution in [0.15, 0.2) is 45.6 Å². The topological polar surface area (TPSA) is 107 Å². The Bertz CT molecular complexity index is 2050. The van der Waals surface area contributed by atoms with Gasteiger partial charge >= 0.3 is 6.18 Å². The lowest BCUT2D eigenvalue weighted by molar-refractivity contribution is -0.137. The van der Waals surface area contributed by atoms with Gasteiger partial charge in [-0.25, -0.2) is 39.0 Å². The fraction of sp³-hybridized carbons (Fsp3) is 0.133. The van der Waals surface area contributed by atoms with Gasteiger partial charge in [-0.05, 0) is 50.6 Å². The molecule has 0 fully saturated rings. The predicted molar refractivity (Wildman–Crippen MR) is 145 cm³/mol. The molecule has 0 saturated heterocycles. The Hall–Kier alpha value is -6.05. The molecule has 3 aromatic rings. The number of aliphatic imine (C=N–C) groups is 2. The van der Waals surface area contributed by atoms with Crippen LogP contribution in [-0.4, -0.2) is 21.4 Å². The van der Waals surface area contributed by atoms with E-state index in [0.717, 1.165) is 6.07 Å². The Labute approximate surface area is 240 Å². The highest BCUT2D eigenvalue weighted by Crippen LogP contribution is 2.52. The third kappa shape index (κ3) is 4.50. The summed E-state index contributed by atoms with van der Waals surface area (Å²) in [6, 6.07) is 7.87. The molecular formula is C30H13F5N8. The smallest absolute Gasteiger partial charge is 0.252 e. The summed E-state index contributed by atoms with van der Waals surface area (Å²) in [5.74, 6) is -2.53. The van der Waals surface area contributed by atoms with Crippen molar-refractivity contribution >= 4 is 33.9 Å². The van der Waals surface area contributed by atoms with Crippen LogP contribution >= 0.6 is 0 Å². The predicted octanol–water partition coefficient (Wildman–Crippen LogP) is 7.28. The van der Waals surface area contributed by atoms with Crippen LogP contribution in [-0.2, 0) is 6.18 Å². The highest BCUT2D eigenvalue weighted by atomic mass is 19.4. The number of benzene rings is 1. The van der Waals surface area contributed by atoms with Crippen LogP contribution in [0, 0.1) is 68.2 Å². The Balaban J connectivity index is 1.89. The molecule has 1 aromatic carbocycles. The number of pyridine rings is 2. The van der Waals surface area contributed by atoms with Crippen LogP contribution in [0.1, 0.15) is 45.0 Å². The SMILES string of the molecule is [C-]#[N+]/C(C#N)=C1\C(c2cc(C)cc(C)n2)=Nc2c(F)c3c(c(F)c21)/C(=C(/C#N)[N+]#[C-])C(c1cc(C(F)(F)F)cc(C)n1)=N3. The number of nitrogens with zero attached hydrogens (tertiary/aromatic N) is 8. The summed E-state index contributed by atoms with van der Waals surface area (Å²) in [5.41, 5.74) is -6.10. The van der Waals surface area contributed by atoms with Crippen LogP contribution in [0.2, 0.25) is 0 Å². The van der Waals surface area contributed by atoms with Crippen molar-refractivity contribution in [1.29, 1.82) is 10.5 Å². The van der Waals surface area contributed by atoms with Crippen molar-refractivity contribution < 1.29 is 22.0 Å². The van der Waals surface area contributed by atoms with Gasteiger partial charge in [0.2, 0.25) is 0 Å². The number of hydrogen-bond acceptors (Lipinski definition) is 6. The van der Waals surface area contributed by atoms with Crippen LogP contribution in [0.5, 0.6) is 0 Å². The van der Waals surface area contributed by atoms with Gasteiger partial charge in [0.15, 0.2) is 5.82 Å².